The third kappa shape index (κ3) is 3.55. The summed E-state index contributed by atoms with van der Waals surface area (Å²) in [6.45, 7) is 5.09. The van der Waals surface area contributed by atoms with E-state index in [2.05, 4.69) is 42.2 Å². The number of anilines is 2. The highest BCUT2D eigenvalue weighted by Crippen LogP contribution is 2.34. The largest absolute Gasteiger partial charge is 0.339 e. The Labute approximate surface area is 175 Å². The maximum atomic E-state index is 12.8. The number of nitrogens with zero attached hydrogens (tertiary/aromatic N) is 7. The molecule has 0 bridgehead atoms. The van der Waals surface area contributed by atoms with E-state index in [1.807, 2.05) is 13.0 Å². The molecule has 0 spiro atoms. The summed E-state index contributed by atoms with van der Waals surface area (Å²) in [6.07, 6.45) is 10.7. The lowest BCUT2D eigenvalue weighted by Gasteiger charge is -2.39. The van der Waals surface area contributed by atoms with Gasteiger partial charge in [0.25, 0.3) is 5.56 Å². The van der Waals surface area contributed by atoms with Crippen molar-refractivity contribution >= 4 is 17.9 Å². The Morgan fingerprint density at radius 2 is 1.83 bits per heavy atom. The number of aliphatic imine (C=N–C) groups is 1. The van der Waals surface area contributed by atoms with Crippen molar-refractivity contribution in [2.24, 2.45) is 10.9 Å². The summed E-state index contributed by atoms with van der Waals surface area (Å²) in [5.41, 5.74) is 0.673. The Morgan fingerprint density at radius 1 is 1.07 bits per heavy atom. The minimum atomic E-state index is -0.225. The van der Waals surface area contributed by atoms with Gasteiger partial charge in [0.15, 0.2) is 0 Å². The number of fused-ring (bicyclic) bond motifs is 1. The summed E-state index contributed by atoms with van der Waals surface area (Å²) >= 11 is 0. The molecule has 9 nitrogen and oxygen atoms in total. The third-order valence-electron chi connectivity index (χ3n) is 5.97. The molecule has 2 aromatic heterocycles. The predicted molar refractivity (Wildman–Crippen MR) is 116 cm³/mol. The summed E-state index contributed by atoms with van der Waals surface area (Å²) < 4.78 is 1.73. The van der Waals surface area contributed by atoms with Crippen LogP contribution >= 0.6 is 0 Å². The fraction of sp³-hybridized carbons (Fsp3) is 0.476. The van der Waals surface area contributed by atoms with Gasteiger partial charge in [0, 0.05) is 56.3 Å². The highest BCUT2D eigenvalue weighted by molar-refractivity contribution is 5.93. The van der Waals surface area contributed by atoms with Crippen molar-refractivity contribution in [2.45, 2.75) is 32.4 Å². The van der Waals surface area contributed by atoms with E-state index < -0.39 is 0 Å². The van der Waals surface area contributed by atoms with Crippen LogP contribution in [0.1, 0.15) is 31.1 Å². The van der Waals surface area contributed by atoms with E-state index in [0.717, 1.165) is 57.3 Å². The van der Waals surface area contributed by atoms with Gasteiger partial charge in [-0.1, -0.05) is 12.2 Å². The number of aryl methyl sites for hydroxylation is 1. The number of rotatable bonds is 2. The molecule has 2 unspecified atom stereocenters. The molecule has 30 heavy (non-hydrogen) atoms. The van der Waals surface area contributed by atoms with Crippen LogP contribution in [0.2, 0.25) is 0 Å². The van der Waals surface area contributed by atoms with E-state index in [4.69, 9.17) is 4.99 Å². The van der Waals surface area contributed by atoms with Crippen LogP contribution in [0.4, 0.5) is 11.9 Å². The van der Waals surface area contributed by atoms with E-state index >= 15 is 0 Å². The molecule has 1 fully saturated rings. The van der Waals surface area contributed by atoms with Crippen molar-refractivity contribution in [3.05, 3.63) is 52.7 Å². The number of nitrogens with one attached hydrogen (secondary N) is 1. The lowest BCUT2D eigenvalue weighted by molar-refractivity contribution is 0.296. The van der Waals surface area contributed by atoms with Gasteiger partial charge in [-0.2, -0.15) is 0 Å². The number of hydrogen-bond donors (Lipinski definition) is 1. The van der Waals surface area contributed by atoms with E-state index in [0.29, 0.717) is 17.6 Å². The zero-order chi connectivity index (χ0) is 20.5. The molecule has 1 saturated heterocycles. The van der Waals surface area contributed by atoms with E-state index in [-0.39, 0.29) is 11.7 Å². The van der Waals surface area contributed by atoms with Gasteiger partial charge in [0.05, 0.1) is 0 Å². The number of piperazine rings is 1. The number of guanidine groups is 1. The van der Waals surface area contributed by atoms with Crippen molar-refractivity contribution in [2.75, 3.05) is 36.4 Å². The first kappa shape index (κ1) is 18.8. The summed E-state index contributed by atoms with van der Waals surface area (Å²) in [4.78, 5) is 35.6. The summed E-state index contributed by atoms with van der Waals surface area (Å²) in [6, 6.07) is 3.42. The lowest BCUT2D eigenvalue weighted by atomic mass is 9.91. The van der Waals surface area contributed by atoms with Gasteiger partial charge in [-0.05, 0) is 32.3 Å². The van der Waals surface area contributed by atoms with E-state index in [9.17, 15) is 4.79 Å². The molecule has 0 saturated carbocycles. The zero-order valence-electron chi connectivity index (χ0n) is 17.1. The molecule has 4 heterocycles. The van der Waals surface area contributed by atoms with E-state index in [1.165, 1.54) is 0 Å². The SMILES string of the molecule is Cc1cc(=O)n2c(n1)NC(N1CCN(c3ncccn3)CC1)=NC2C1CC=CCC1. The van der Waals surface area contributed by atoms with Gasteiger partial charge in [0.1, 0.15) is 6.17 Å². The molecule has 1 aliphatic carbocycles. The van der Waals surface area contributed by atoms with Gasteiger partial charge in [-0.3, -0.25) is 14.7 Å². The van der Waals surface area contributed by atoms with Crippen LogP contribution in [0.3, 0.4) is 0 Å². The minimum absolute atomic E-state index is 0.0431. The van der Waals surface area contributed by atoms with Crippen LogP contribution in [0.25, 0.3) is 0 Å². The molecule has 156 valence electrons. The quantitative estimate of drug-likeness (QED) is 0.761. The fourth-order valence-electron chi connectivity index (χ4n) is 4.40. The van der Waals surface area contributed by atoms with Crippen molar-refractivity contribution in [3.63, 3.8) is 0 Å². The highest BCUT2D eigenvalue weighted by Gasteiger charge is 2.33. The Morgan fingerprint density at radius 3 is 2.57 bits per heavy atom. The molecule has 0 aromatic carbocycles. The predicted octanol–water partition coefficient (Wildman–Crippen LogP) is 1.80. The topological polar surface area (TPSA) is 91.5 Å². The molecular formula is C21H26N8O. The van der Waals surface area contributed by atoms with Gasteiger partial charge >= 0.3 is 0 Å². The molecule has 1 N–H and O–H groups in total. The Kier molecular flexibility index (Phi) is 4.94. The fourth-order valence-corrected chi connectivity index (χ4v) is 4.40. The summed E-state index contributed by atoms with van der Waals surface area (Å²) in [5.74, 6) is 2.46. The van der Waals surface area contributed by atoms with Crippen molar-refractivity contribution in [1.82, 2.24) is 24.4 Å². The maximum Gasteiger partial charge on any atom is 0.256 e. The minimum Gasteiger partial charge on any atom is -0.339 e. The van der Waals surface area contributed by atoms with Crippen molar-refractivity contribution < 1.29 is 0 Å². The second kappa shape index (κ2) is 7.89. The Bertz CT molecular complexity index is 1020. The molecule has 3 aliphatic rings. The smallest absolute Gasteiger partial charge is 0.256 e. The van der Waals surface area contributed by atoms with Crippen LogP contribution in [-0.2, 0) is 0 Å². The van der Waals surface area contributed by atoms with Gasteiger partial charge in [-0.25, -0.2) is 19.9 Å². The van der Waals surface area contributed by atoms with Crippen LogP contribution in [0.5, 0.6) is 0 Å². The average Bonchev–Trinajstić information content (AvgIpc) is 2.79. The standard InChI is InChI=1S/C21H26N8O/c1-15-14-17(30)29-18(16-6-3-2-4-7-16)25-20(26-21(29)24-15)28-12-10-27(11-13-28)19-22-8-5-9-23-19/h2-3,5,8-9,14,16,18H,4,6-7,10-13H2,1H3,(H,24,25,26). The summed E-state index contributed by atoms with van der Waals surface area (Å²) in [7, 11) is 0. The maximum absolute atomic E-state index is 12.8. The number of hydrogen-bond acceptors (Lipinski definition) is 8. The molecule has 0 radical (unpaired) electrons. The molecule has 2 aromatic rings. The Hall–Kier alpha value is -3.23. The van der Waals surface area contributed by atoms with Crippen molar-refractivity contribution in [1.29, 1.82) is 0 Å². The van der Waals surface area contributed by atoms with Crippen molar-refractivity contribution in [3.8, 4) is 0 Å². The second-order valence-electron chi connectivity index (χ2n) is 7.99. The molecule has 2 aliphatic heterocycles. The highest BCUT2D eigenvalue weighted by atomic mass is 16.1. The van der Waals surface area contributed by atoms with Crippen LogP contribution < -0.4 is 15.8 Å². The Balaban J connectivity index is 1.40. The average molecular weight is 406 g/mol. The number of allylic oxidation sites excluding steroid dienone is 2. The third-order valence-corrected chi connectivity index (χ3v) is 5.97. The lowest BCUT2D eigenvalue weighted by Crippen LogP contribution is -2.53. The summed E-state index contributed by atoms with van der Waals surface area (Å²) in [5, 5.41) is 3.33. The molecule has 9 heteroatoms. The van der Waals surface area contributed by atoms with Crippen LogP contribution in [0.15, 0.2) is 46.5 Å². The zero-order valence-corrected chi connectivity index (χ0v) is 17.1. The molecular weight excluding hydrogens is 380 g/mol. The van der Waals surface area contributed by atoms with Crippen LogP contribution in [0, 0.1) is 12.8 Å². The second-order valence-corrected chi connectivity index (χ2v) is 7.99. The molecule has 0 amide bonds. The molecule has 5 rings (SSSR count). The molecule has 2 atom stereocenters. The van der Waals surface area contributed by atoms with E-state index in [1.54, 1.807) is 23.0 Å². The first-order valence-corrected chi connectivity index (χ1v) is 10.6. The monoisotopic (exact) mass is 406 g/mol. The van der Waals surface area contributed by atoms with Gasteiger partial charge < -0.3 is 9.80 Å². The van der Waals surface area contributed by atoms with Gasteiger partial charge in [0.2, 0.25) is 17.9 Å². The number of aromatic nitrogens is 4. The first-order chi connectivity index (χ1) is 14.7. The van der Waals surface area contributed by atoms with Gasteiger partial charge in [-0.15, -0.1) is 0 Å². The van der Waals surface area contributed by atoms with Crippen LogP contribution in [-0.4, -0.2) is 56.6 Å². The normalized spacial score (nSPS) is 23.6. The first-order valence-electron chi connectivity index (χ1n) is 10.6.